The minimum atomic E-state index is -3.10. The fourth-order valence-electron chi connectivity index (χ4n) is 2.95. The molecule has 0 aliphatic rings. The van der Waals surface area contributed by atoms with Crippen LogP contribution < -0.4 is 4.74 Å². The van der Waals surface area contributed by atoms with Crippen molar-refractivity contribution in [2.24, 2.45) is 5.41 Å². The summed E-state index contributed by atoms with van der Waals surface area (Å²) < 4.78 is 32.7. The monoisotopic (exact) mass is 436 g/mol. The van der Waals surface area contributed by atoms with Crippen molar-refractivity contribution in [3.8, 4) is 15.5 Å². The molecule has 154 valence electrons. The molecule has 2 heterocycles. The normalized spacial score (nSPS) is 15.7. The van der Waals surface area contributed by atoms with Crippen molar-refractivity contribution < 1.29 is 23.4 Å². The predicted octanol–water partition coefficient (Wildman–Crippen LogP) is 6.04. The molecule has 29 heavy (non-hydrogen) atoms. The van der Waals surface area contributed by atoms with Gasteiger partial charge in [-0.2, -0.15) is 0 Å². The molecule has 2 atom stereocenters. The molecule has 2 aromatic heterocycles. The third-order valence-electron chi connectivity index (χ3n) is 5.24. The van der Waals surface area contributed by atoms with Gasteiger partial charge in [0.25, 0.3) is 6.43 Å². The second-order valence-electron chi connectivity index (χ2n) is 7.23. The van der Waals surface area contributed by atoms with E-state index in [1.54, 1.807) is 53.0 Å². The highest BCUT2D eigenvalue weighted by molar-refractivity contribution is 7.21. The zero-order chi connectivity index (χ0) is 21.1. The van der Waals surface area contributed by atoms with E-state index in [2.05, 4.69) is 0 Å². The highest BCUT2D eigenvalue weighted by Gasteiger charge is 2.55. The van der Waals surface area contributed by atoms with Crippen LogP contribution in [0.4, 0.5) is 8.78 Å². The molecular formula is C22H22F2O3S2. The zero-order valence-corrected chi connectivity index (χ0v) is 17.7. The van der Waals surface area contributed by atoms with Crippen LogP contribution in [-0.2, 0) is 11.2 Å². The lowest BCUT2D eigenvalue weighted by Crippen LogP contribution is -2.55. The Labute approximate surface area is 176 Å². The number of rotatable bonds is 8. The van der Waals surface area contributed by atoms with Gasteiger partial charge in [0.15, 0.2) is 0 Å². The van der Waals surface area contributed by atoms with Crippen LogP contribution in [0, 0.1) is 5.41 Å². The van der Waals surface area contributed by atoms with Gasteiger partial charge in [-0.05, 0) is 62.4 Å². The summed E-state index contributed by atoms with van der Waals surface area (Å²) in [5.74, 6) is -0.617. The average molecular weight is 437 g/mol. The number of ether oxygens (including phenoxy) is 1. The van der Waals surface area contributed by atoms with Gasteiger partial charge < -0.3 is 9.84 Å². The van der Waals surface area contributed by atoms with Gasteiger partial charge in [0, 0.05) is 14.6 Å². The maximum Gasteiger partial charge on any atom is 0.320 e. The van der Waals surface area contributed by atoms with E-state index in [0.29, 0.717) is 6.42 Å². The molecule has 7 heteroatoms. The maximum absolute atomic E-state index is 13.7. The van der Waals surface area contributed by atoms with Crippen molar-refractivity contribution >= 4 is 28.6 Å². The number of carbonyl (C=O) groups is 1. The van der Waals surface area contributed by atoms with E-state index in [0.717, 1.165) is 21.6 Å². The van der Waals surface area contributed by atoms with E-state index >= 15 is 0 Å². The molecule has 0 spiro atoms. The fraction of sp³-hybridized carbons (Fsp3) is 0.318. The second-order valence-corrected chi connectivity index (χ2v) is 9.34. The number of halogens is 2. The number of hydrogen-bond donors (Lipinski definition) is 1. The summed E-state index contributed by atoms with van der Waals surface area (Å²) in [5, 5.41) is 12.5. The number of aliphatic hydroxyl groups is 1. The molecule has 1 aromatic carbocycles. The van der Waals surface area contributed by atoms with Crippen molar-refractivity contribution in [3.63, 3.8) is 0 Å². The van der Waals surface area contributed by atoms with Crippen molar-refractivity contribution in [1.82, 2.24) is 0 Å². The quantitative estimate of drug-likeness (QED) is 0.346. The van der Waals surface area contributed by atoms with Gasteiger partial charge in [0.05, 0.1) is 5.41 Å². The first kappa shape index (κ1) is 21.6. The summed E-state index contributed by atoms with van der Waals surface area (Å²) in [7, 11) is 0. The minimum Gasteiger partial charge on any atom is -0.426 e. The lowest BCUT2D eigenvalue weighted by atomic mass is 9.71. The molecule has 1 N–H and O–H groups in total. The van der Waals surface area contributed by atoms with Crippen LogP contribution in [0.3, 0.4) is 0 Å². The van der Waals surface area contributed by atoms with Crippen LogP contribution in [0.1, 0.15) is 25.1 Å². The first-order chi connectivity index (χ1) is 13.7. The third-order valence-corrected chi connectivity index (χ3v) is 7.45. The summed E-state index contributed by atoms with van der Waals surface area (Å²) in [4.78, 5) is 16.1. The van der Waals surface area contributed by atoms with Crippen LogP contribution in [0.2, 0.25) is 0 Å². The van der Waals surface area contributed by atoms with Gasteiger partial charge in [0.1, 0.15) is 11.4 Å². The summed E-state index contributed by atoms with van der Waals surface area (Å²) in [6.45, 7) is 2.34. The molecule has 2 unspecified atom stereocenters. The Bertz CT molecular complexity index is 936. The van der Waals surface area contributed by atoms with Crippen LogP contribution in [0.5, 0.6) is 5.75 Å². The molecular weight excluding hydrogens is 414 g/mol. The summed E-state index contributed by atoms with van der Waals surface area (Å²) in [6.07, 6.45) is -2.69. The Morgan fingerprint density at radius 3 is 2.41 bits per heavy atom. The molecule has 3 rings (SSSR count). The number of benzene rings is 1. The van der Waals surface area contributed by atoms with Crippen LogP contribution in [0.25, 0.3) is 9.75 Å². The first-order valence-electron chi connectivity index (χ1n) is 9.14. The van der Waals surface area contributed by atoms with Crippen LogP contribution >= 0.6 is 22.7 Å². The number of alkyl halides is 2. The van der Waals surface area contributed by atoms with Gasteiger partial charge in [-0.15, -0.1) is 22.7 Å². The highest BCUT2D eigenvalue weighted by atomic mass is 32.1. The maximum atomic E-state index is 13.7. The number of thiophene rings is 2. The zero-order valence-electron chi connectivity index (χ0n) is 16.1. The lowest BCUT2D eigenvalue weighted by Gasteiger charge is -2.39. The predicted molar refractivity (Wildman–Crippen MR) is 113 cm³/mol. The summed E-state index contributed by atoms with van der Waals surface area (Å²) in [6, 6.07) is 16.2. The molecule has 0 bridgehead atoms. The van der Waals surface area contributed by atoms with Crippen molar-refractivity contribution in [2.75, 3.05) is 0 Å². The molecule has 0 aliphatic heterocycles. The summed E-state index contributed by atoms with van der Waals surface area (Å²) in [5.41, 5.74) is -4.32. The number of hydrogen-bond acceptors (Lipinski definition) is 5. The van der Waals surface area contributed by atoms with E-state index in [4.69, 9.17) is 4.74 Å². The third kappa shape index (κ3) is 4.57. The highest BCUT2D eigenvalue weighted by Crippen LogP contribution is 2.42. The van der Waals surface area contributed by atoms with Gasteiger partial charge in [-0.3, -0.25) is 4.79 Å². The van der Waals surface area contributed by atoms with Crippen molar-refractivity contribution in [3.05, 3.63) is 64.9 Å². The van der Waals surface area contributed by atoms with Gasteiger partial charge >= 0.3 is 5.97 Å². The molecule has 0 saturated carbocycles. The largest absolute Gasteiger partial charge is 0.426 e. The smallest absolute Gasteiger partial charge is 0.320 e. The van der Waals surface area contributed by atoms with Crippen LogP contribution in [-0.4, -0.2) is 23.1 Å². The van der Waals surface area contributed by atoms with E-state index < -0.39 is 23.4 Å². The lowest BCUT2D eigenvalue weighted by molar-refractivity contribution is -0.188. The molecule has 3 nitrogen and oxygen atoms in total. The number of esters is 1. The molecule has 0 aliphatic carbocycles. The number of aryl methyl sites for hydroxylation is 1. The molecule has 0 radical (unpaired) electrons. The van der Waals surface area contributed by atoms with Gasteiger partial charge in [0.2, 0.25) is 0 Å². The first-order valence-corrected chi connectivity index (χ1v) is 10.8. The van der Waals surface area contributed by atoms with Crippen LogP contribution in [0.15, 0.2) is 60.0 Å². The van der Waals surface area contributed by atoms with Gasteiger partial charge in [-0.1, -0.05) is 24.3 Å². The molecule has 3 aromatic rings. The van der Waals surface area contributed by atoms with E-state index in [-0.39, 0.29) is 12.2 Å². The number of carbonyl (C=O) groups excluding carboxylic acids is 1. The Kier molecular flexibility index (Phi) is 6.51. The molecule has 0 fully saturated rings. The Morgan fingerprint density at radius 2 is 1.79 bits per heavy atom. The second kappa shape index (κ2) is 8.73. The van der Waals surface area contributed by atoms with Gasteiger partial charge in [-0.25, -0.2) is 8.78 Å². The standard InChI is InChI=1S/C22H22F2O3S2/c1-21(22(2,26)19(23)24,20(25)27-15-7-4-3-5-8-15)13-12-16-10-11-18(29-16)17-9-6-14-28-17/h3-11,14,19,26H,12-13H2,1-2H3. The Balaban J connectivity index is 1.81. The fourth-order valence-corrected chi connectivity index (χ4v) is 4.79. The van der Waals surface area contributed by atoms with E-state index in [1.807, 2.05) is 29.6 Å². The Hall–Kier alpha value is -2.09. The molecule has 0 amide bonds. The van der Waals surface area contributed by atoms with E-state index in [9.17, 15) is 18.7 Å². The SMILES string of the molecule is CC(CCc1ccc(-c2cccs2)s1)(C(=O)Oc1ccccc1)C(C)(O)C(F)F. The summed E-state index contributed by atoms with van der Waals surface area (Å²) >= 11 is 3.18. The van der Waals surface area contributed by atoms with Crippen molar-refractivity contribution in [1.29, 1.82) is 0 Å². The van der Waals surface area contributed by atoms with Crippen molar-refractivity contribution in [2.45, 2.75) is 38.7 Å². The minimum absolute atomic E-state index is 0.0282. The number of para-hydroxylation sites is 1. The topological polar surface area (TPSA) is 46.5 Å². The Morgan fingerprint density at radius 1 is 1.07 bits per heavy atom. The average Bonchev–Trinajstić information content (AvgIpc) is 3.38. The molecule has 0 saturated heterocycles. The van der Waals surface area contributed by atoms with E-state index in [1.165, 1.54) is 6.92 Å².